The maximum atomic E-state index is 5.37. The van der Waals surface area contributed by atoms with Crippen molar-refractivity contribution in [1.82, 2.24) is 4.90 Å². The monoisotopic (exact) mass is 266 g/mol. The lowest BCUT2D eigenvalue weighted by molar-refractivity contribution is 0.226. The summed E-state index contributed by atoms with van der Waals surface area (Å²) in [7, 11) is 0. The highest BCUT2D eigenvalue weighted by Crippen LogP contribution is 2.21. The first kappa shape index (κ1) is 13.0. The molecule has 92 valence electrons. The van der Waals surface area contributed by atoms with Gasteiger partial charge in [0, 0.05) is 46.5 Å². The molecule has 0 bridgehead atoms. The van der Waals surface area contributed by atoms with Gasteiger partial charge in [-0.25, -0.2) is 0 Å². The molecule has 1 aliphatic rings. The van der Waals surface area contributed by atoms with Gasteiger partial charge in [0.2, 0.25) is 0 Å². The van der Waals surface area contributed by atoms with Crippen LogP contribution < -0.4 is 5.73 Å². The van der Waals surface area contributed by atoms with Gasteiger partial charge in [-0.05, 0) is 13.0 Å². The highest BCUT2D eigenvalue weighted by molar-refractivity contribution is 7.99. The molecule has 0 amide bonds. The minimum atomic E-state index is 0.436. The van der Waals surface area contributed by atoms with E-state index in [0.29, 0.717) is 12.6 Å². The molecule has 4 heteroatoms. The topological polar surface area (TPSA) is 29.3 Å². The minimum absolute atomic E-state index is 0.436. The Hall–Kier alpha value is -0.470. The summed E-state index contributed by atoms with van der Waals surface area (Å²) in [4.78, 5) is 3.97. The molecule has 17 heavy (non-hydrogen) atoms. The van der Waals surface area contributed by atoms with Crippen LogP contribution >= 0.6 is 23.1 Å². The van der Waals surface area contributed by atoms with Gasteiger partial charge in [0.1, 0.15) is 0 Å². The van der Waals surface area contributed by atoms with Gasteiger partial charge in [0.15, 0.2) is 0 Å². The number of nitrogens with two attached hydrogens (primary N) is 1. The molecule has 1 aromatic rings. The molecule has 1 saturated heterocycles. The first-order valence-corrected chi connectivity index (χ1v) is 7.91. The van der Waals surface area contributed by atoms with Crippen molar-refractivity contribution in [3.05, 3.63) is 21.9 Å². The minimum Gasteiger partial charge on any atom is -0.320 e. The van der Waals surface area contributed by atoms with Crippen LogP contribution in [0.3, 0.4) is 0 Å². The quantitative estimate of drug-likeness (QED) is 0.830. The summed E-state index contributed by atoms with van der Waals surface area (Å²) in [5.41, 5.74) is 6.48. The lowest BCUT2D eigenvalue weighted by Crippen LogP contribution is -2.39. The normalized spacial score (nSPS) is 20.9. The summed E-state index contributed by atoms with van der Waals surface area (Å²) in [6.07, 6.45) is 0. The number of thioether (sulfide) groups is 1. The summed E-state index contributed by atoms with van der Waals surface area (Å²) >= 11 is 3.86. The molecule has 1 fully saturated rings. The van der Waals surface area contributed by atoms with Crippen LogP contribution in [0.25, 0.3) is 0 Å². The summed E-state index contributed by atoms with van der Waals surface area (Å²) in [5.74, 6) is 8.50. The number of nitrogens with zero attached hydrogens (tertiary/aromatic N) is 1. The Kier molecular flexibility index (Phi) is 4.93. The second kappa shape index (κ2) is 6.46. The average molecular weight is 266 g/mol. The fourth-order valence-electron chi connectivity index (χ4n) is 1.88. The zero-order valence-electron chi connectivity index (χ0n) is 10.1. The Bertz CT molecular complexity index is 417. The summed E-state index contributed by atoms with van der Waals surface area (Å²) < 4.78 is 0. The van der Waals surface area contributed by atoms with Crippen molar-refractivity contribution in [2.45, 2.75) is 19.5 Å². The van der Waals surface area contributed by atoms with Crippen molar-refractivity contribution in [2.75, 3.05) is 24.6 Å². The third kappa shape index (κ3) is 3.75. The number of thiophene rings is 1. The van der Waals surface area contributed by atoms with Crippen LogP contribution in [0.15, 0.2) is 11.4 Å². The molecule has 2 N–H and O–H groups in total. The summed E-state index contributed by atoms with van der Waals surface area (Å²) in [5, 5.41) is 2.13. The Morgan fingerprint density at radius 3 is 3.24 bits per heavy atom. The van der Waals surface area contributed by atoms with Crippen LogP contribution in [0.5, 0.6) is 0 Å². The van der Waals surface area contributed by atoms with Crippen molar-refractivity contribution < 1.29 is 0 Å². The zero-order valence-corrected chi connectivity index (χ0v) is 11.7. The van der Waals surface area contributed by atoms with E-state index in [4.69, 9.17) is 5.73 Å². The van der Waals surface area contributed by atoms with E-state index in [9.17, 15) is 0 Å². The van der Waals surface area contributed by atoms with Gasteiger partial charge in [0.05, 0.1) is 6.54 Å². The first-order chi connectivity index (χ1) is 8.29. The van der Waals surface area contributed by atoms with E-state index < -0.39 is 0 Å². The molecular weight excluding hydrogens is 248 g/mol. The molecule has 0 spiro atoms. The number of hydrogen-bond acceptors (Lipinski definition) is 4. The van der Waals surface area contributed by atoms with E-state index in [1.165, 1.54) is 22.9 Å². The molecule has 0 aromatic carbocycles. The fourth-order valence-corrected chi connectivity index (χ4v) is 3.80. The Morgan fingerprint density at radius 2 is 2.47 bits per heavy atom. The van der Waals surface area contributed by atoms with Crippen LogP contribution in [0.2, 0.25) is 0 Å². The van der Waals surface area contributed by atoms with Gasteiger partial charge in [-0.2, -0.15) is 11.8 Å². The van der Waals surface area contributed by atoms with Gasteiger partial charge < -0.3 is 5.73 Å². The van der Waals surface area contributed by atoms with Crippen molar-refractivity contribution in [3.63, 3.8) is 0 Å². The molecule has 0 saturated carbocycles. The van der Waals surface area contributed by atoms with Gasteiger partial charge in [-0.15, -0.1) is 11.3 Å². The van der Waals surface area contributed by atoms with Gasteiger partial charge in [0.25, 0.3) is 0 Å². The van der Waals surface area contributed by atoms with Gasteiger partial charge in [-0.1, -0.05) is 11.8 Å². The van der Waals surface area contributed by atoms with E-state index in [-0.39, 0.29) is 0 Å². The smallest absolute Gasteiger partial charge is 0.0555 e. The highest BCUT2D eigenvalue weighted by atomic mass is 32.2. The SMILES string of the molecule is CC1CSCCN1Cc1cc(C#CCN)cs1. The van der Waals surface area contributed by atoms with Crippen molar-refractivity contribution in [3.8, 4) is 11.8 Å². The van der Waals surface area contributed by atoms with E-state index in [1.807, 2.05) is 0 Å². The Morgan fingerprint density at radius 1 is 1.59 bits per heavy atom. The third-order valence-corrected chi connectivity index (χ3v) is 4.96. The van der Waals surface area contributed by atoms with E-state index in [0.717, 1.165) is 12.1 Å². The number of rotatable bonds is 2. The molecule has 1 unspecified atom stereocenters. The van der Waals surface area contributed by atoms with E-state index >= 15 is 0 Å². The van der Waals surface area contributed by atoms with Crippen LogP contribution in [0, 0.1) is 11.8 Å². The first-order valence-electron chi connectivity index (χ1n) is 5.87. The van der Waals surface area contributed by atoms with Gasteiger partial charge >= 0.3 is 0 Å². The Balaban J connectivity index is 1.96. The Labute approximate surface area is 112 Å². The maximum Gasteiger partial charge on any atom is 0.0555 e. The van der Waals surface area contributed by atoms with Crippen molar-refractivity contribution in [1.29, 1.82) is 0 Å². The predicted octanol–water partition coefficient (Wildman–Crippen LogP) is 2.00. The van der Waals surface area contributed by atoms with Crippen LogP contribution in [-0.4, -0.2) is 35.5 Å². The van der Waals surface area contributed by atoms with Crippen LogP contribution in [-0.2, 0) is 6.54 Å². The zero-order chi connectivity index (χ0) is 12.1. The van der Waals surface area contributed by atoms with Crippen LogP contribution in [0.1, 0.15) is 17.4 Å². The van der Waals surface area contributed by atoms with Crippen molar-refractivity contribution in [2.24, 2.45) is 5.73 Å². The lowest BCUT2D eigenvalue weighted by Gasteiger charge is -2.32. The molecule has 2 heterocycles. The number of hydrogen-bond donors (Lipinski definition) is 1. The summed E-state index contributed by atoms with van der Waals surface area (Å²) in [6.45, 7) is 5.02. The lowest BCUT2D eigenvalue weighted by atomic mass is 10.2. The van der Waals surface area contributed by atoms with Gasteiger partial charge in [-0.3, -0.25) is 4.90 Å². The fraction of sp³-hybridized carbons (Fsp3) is 0.538. The highest BCUT2D eigenvalue weighted by Gasteiger charge is 2.18. The third-order valence-electron chi connectivity index (χ3n) is 2.85. The van der Waals surface area contributed by atoms with E-state index in [2.05, 4.69) is 46.9 Å². The predicted molar refractivity (Wildman–Crippen MR) is 77.4 cm³/mol. The molecule has 2 rings (SSSR count). The molecule has 1 atom stereocenters. The summed E-state index contributed by atoms with van der Waals surface area (Å²) in [6, 6.07) is 2.89. The molecule has 1 aromatic heterocycles. The van der Waals surface area contributed by atoms with E-state index in [1.54, 1.807) is 11.3 Å². The van der Waals surface area contributed by atoms with Crippen LogP contribution in [0.4, 0.5) is 0 Å². The molecule has 0 radical (unpaired) electrons. The average Bonchev–Trinajstić information content (AvgIpc) is 2.77. The second-order valence-electron chi connectivity index (χ2n) is 4.20. The molecular formula is C13H18N2S2. The molecule has 1 aliphatic heterocycles. The molecule has 2 nitrogen and oxygen atoms in total. The largest absolute Gasteiger partial charge is 0.320 e. The molecule has 0 aliphatic carbocycles. The maximum absolute atomic E-state index is 5.37. The standard InChI is InChI=1S/C13H18N2S2/c1-11-9-16-6-5-15(11)8-13-7-12(10-17-13)3-2-4-14/h7,10-11H,4-6,8-9,14H2,1H3. The second-order valence-corrected chi connectivity index (χ2v) is 6.35. The van der Waals surface area contributed by atoms with Crippen molar-refractivity contribution >= 4 is 23.1 Å².